The number of carbonyl (C=O) groups is 2. The largest absolute Gasteiger partial charge is 0.466 e. The predicted octanol–water partition coefficient (Wildman–Crippen LogP) is 9.16. The fourth-order valence-electron chi connectivity index (χ4n) is 6.48. The van der Waals surface area contributed by atoms with Crippen LogP contribution in [0.1, 0.15) is 175 Å². The minimum absolute atomic E-state index is 0.0115. The molecule has 290 valence electrons. The molecule has 1 rings (SSSR count). The van der Waals surface area contributed by atoms with Gasteiger partial charge in [0.25, 0.3) is 10.9 Å². The molecule has 0 aromatic heterocycles. The molecule has 50 heavy (non-hydrogen) atoms. The second-order valence-corrected chi connectivity index (χ2v) is 14.2. The lowest BCUT2D eigenvalue weighted by molar-refractivity contribution is -0.149. The molecule has 9 heteroatoms. The number of carbonyl (C=O) groups excluding carboxylic acids is 2. The number of unbranched alkanes of at least 4 members (excludes halogenated alkanes) is 15. The first-order chi connectivity index (χ1) is 24.4. The zero-order chi connectivity index (χ0) is 36.7. The Hall–Kier alpha value is -2.42. The van der Waals surface area contributed by atoms with Crippen LogP contribution in [0.2, 0.25) is 0 Å². The second kappa shape index (κ2) is 31.3. The highest BCUT2D eigenvalue weighted by atomic mass is 16.5. The van der Waals surface area contributed by atoms with Gasteiger partial charge in [0.2, 0.25) is 0 Å². The van der Waals surface area contributed by atoms with Gasteiger partial charge in [0, 0.05) is 20.0 Å². The van der Waals surface area contributed by atoms with Crippen LogP contribution in [0.3, 0.4) is 0 Å². The number of rotatable bonds is 36. The number of ether oxygens (including phenoxy) is 2. The first-order valence-electron chi connectivity index (χ1n) is 20.7. The molecule has 2 N–H and O–H groups in total. The Morgan fingerprint density at radius 3 is 1.72 bits per heavy atom. The maximum absolute atomic E-state index is 12.6. The van der Waals surface area contributed by atoms with Crippen molar-refractivity contribution < 1.29 is 19.1 Å². The van der Waals surface area contributed by atoms with Crippen molar-refractivity contribution in [2.75, 3.05) is 57.1 Å². The zero-order valence-corrected chi connectivity index (χ0v) is 32.7. The van der Waals surface area contributed by atoms with E-state index in [0.29, 0.717) is 37.6 Å². The lowest BCUT2D eigenvalue weighted by Crippen LogP contribution is -2.37. The molecule has 0 saturated carbocycles. The quantitative estimate of drug-likeness (QED) is 0.0401. The van der Waals surface area contributed by atoms with E-state index in [1.165, 1.54) is 32.1 Å². The van der Waals surface area contributed by atoms with Crippen molar-refractivity contribution in [1.82, 2.24) is 4.90 Å². The van der Waals surface area contributed by atoms with Crippen LogP contribution in [0, 0.1) is 5.92 Å². The highest BCUT2D eigenvalue weighted by Crippen LogP contribution is 2.19. The molecule has 1 aromatic carbocycles. The Bertz CT molecular complexity index is 1050. The molecule has 1 aromatic rings. The van der Waals surface area contributed by atoms with Crippen LogP contribution in [-0.4, -0.2) is 63.3 Å². The Kier molecular flexibility index (Phi) is 28.6. The SMILES string of the molecule is CCCCCCCOC(=O)CCCCCCCN(CCCCCCCOC(=O)C(CCCC)CCCCC)CCCNc1c(NC)c(=O)c1=O. The molecule has 0 amide bonds. The van der Waals surface area contributed by atoms with Gasteiger partial charge in [-0.3, -0.25) is 19.2 Å². The zero-order valence-electron chi connectivity index (χ0n) is 32.7. The summed E-state index contributed by atoms with van der Waals surface area (Å²) in [6, 6.07) is 0. The van der Waals surface area contributed by atoms with Gasteiger partial charge in [0.1, 0.15) is 11.4 Å². The van der Waals surface area contributed by atoms with Crippen LogP contribution in [-0.2, 0) is 19.1 Å². The van der Waals surface area contributed by atoms with Crippen molar-refractivity contribution >= 4 is 23.3 Å². The Labute approximate surface area is 305 Å². The van der Waals surface area contributed by atoms with Crippen molar-refractivity contribution in [3.63, 3.8) is 0 Å². The molecular formula is C41H75N3O6. The monoisotopic (exact) mass is 706 g/mol. The number of esters is 2. The summed E-state index contributed by atoms with van der Waals surface area (Å²) < 4.78 is 11.1. The van der Waals surface area contributed by atoms with E-state index < -0.39 is 10.9 Å². The lowest BCUT2D eigenvalue weighted by Gasteiger charge is -2.23. The topological polar surface area (TPSA) is 114 Å². The summed E-state index contributed by atoms with van der Waals surface area (Å²) in [5, 5.41) is 5.98. The summed E-state index contributed by atoms with van der Waals surface area (Å²) in [5.74, 6) is 0.0260. The summed E-state index contributed by atoms with van der Waals surface area (Å²) in [5.41, 5.74) is -0.0675. The van der Waals surface area contributed by atoms with Crippen LogP contribution in [0.4, 0.5) is 11.4 Å². The van der Waals surface area contributed by atoms with Crippen LogP contribution < -0.4 is 21.5 Å². The third-order valence-electron chi connectivity index (χ3n) is 9.74. The summed E-state index contributed by atoms with van der Waals surface area (Å²) >= 11 is 0. The molecule has 0 radical (unpaired) electrons. The van der Waals surface area contributed by atoms with E-state index in [2.05, 4.69) is 36.3 Å². The smallest absolute Gasteiger partial charge is 0.308 e. The molecule has 0 spiro atoms. The summed E-state index contributed by atoms with van der Waals surface area (Å²) in [4.78, 5) is 50.7. The number of hydrogen-bond donors (Lipinski definition) is 2. The molecule has 0 saturated heterocycles. The van der Waals surface area contributed by atoms with Crippen molar-refractivity contribution in [2.45, 2.75) is 175 Å². The number of hydrogen-bond acceptors (Lipinski definition) is 9. The van der Waals surface area contributed by atoms with Crippen molar-refractivity contribution in [3.05, 3.63) is 20.4 Å². The van der Waals surface area contributed by atoms with Gasteiger partial charge in [-0.2, -0.15) is 0 Å². The van der Waals surface area contributed by atoms with Crippen molar-refractivity contribution in [1.29, 1.82) is 0 Å². The van der Waals surface area contributed by atoms with Gasteiger partial charge in [-0.25, -0.2) is 0 Å². The maximum atomic E-state index is 12.6. The number of nitrogens with one attached hydrogen (secondary N) is 2. The van der Waals surface area contributed by atoms with Gasteiger partial charge in [0.15, 0.2) is 0 Å². The Morgan fingerprint density at radius 2 is 1.08 bits per heavy atom. The second-order valence-electron chi connectivity index (χ2n) is 14.2. The van der Waals surface area contributed by atoms with Crippen molar-refractivity contribution in [2.24, 2.45) is 5.92 Å². The Balaban J connectivity index is 2.31. The summed E-state index contributed by atoms with van der Waals surface area (Å²) in [6.07, 6.45) is 25.6. The van der Waals surface area contributed by atoms with Gasteiger partial charge in [-0.15, -0.1) is 0 Å². The van der Waals surface area contributed by atoms with Gasteiger partial charge < -0.3 is 25.0 Å². The van der Waals surface area contributed by atoms with E-state index in [4.69, 9.17) is 9.47 Å². The molecule has 1 atom stereocenters. The van der Waals surface area contributed by atoms with E-state index >= 15 is 0 Å². The van der Waals surface area contributed by atoms with Crippen LogP contribution in [0.15, 0.2) is 9.59 Å². The summed E-state index contributed by atoms with van der Waals surface area (Å²) in [7, 11) is 1.66. The first-order valence-corrected chi connectivity index (χ1v) is 20.7. The number of nitrogens with zero attached hydrogens (tertiary/aromatic N) is 1. The fraction of sp³-hybridized carbons (Fsp3) is 0.854. The van der Waals surface area contributed by atoms with Crippen LogP contribution in [0.25, 0.3) is 0 Å². The molecule has 0 aliphatic rings. The van der Waals surface area contributed by atoms with E-state index in [9.17, 15) is 19.2 Å². The molecule has 0 aliphatic carbocycles. The third-order valence-corrected chi connectivity index (χ3v) is 9.74. The van der Waals surface area contributed by atoms with Crippen LogP contribution in [0.5, 0.6) is 0 Å². The van der Waals surface area contributed by atoms with Gasteiger partial charge in [-0.1, -0.05) is 117 Å². The molecule has 0 fully saturated rings. The van der Waals surface area contributed by atoms with E-state index in [1.807, 2.05) is 0 Å². The average Bonchev–Trinajstić information content (AvgIpc) is 3.12. The fourth-order valence-corrected chi connectivity index (χ4v) is 6.48. The van der Waals surface area contributed by atoms with Gasteiger partial charge in [-0.05, 0) is 71.0 Å². The molecular weight excluding hydrogens is 630 g/mol. The lowest BCUT2D eigenvalue weighted by atomic mass is 9.95. The van der Waals surface area contributed by atoms with E-state index in [0.717, 1.165) is 135 Å². The molecule has 0 heterocycles. The molecule has 0 aliphatic heterocycles. The van der Waals surface area contributed by atoms with Gasteiger partial charge >= 0.3 is 11.9 Å². The standard InChI is InChI=1S/C41H75N3O6/c1-5-8-11-17-23-33-49-36(45)28-20-14-12-15-21-30-44(32-25-29-43-38-37(42-4)39(46)40(38)47)31-22-16-13-18-24-34-50-41(48)35(26-10-7-3)27-19-9-6-2/h35,42-43H,5-34H2,1-4H3. The van der Waals surface area contributed by atoms with Crippen LogP contribution >= 0.6 is 0 Å². The van der Waals surface area contributed by atoms with Gasteiger partial charge in [0.05, 0.1) is 19.1 Å². The first kappa shape index (κ1) is 45.6. The third kappa shape index (κ3) is 21.7. The molecule has 0 bridgehead atoms. The average molecular weight is 706 g/mol. The minimum atomic E-state index is -0.442. The maximum Gasteiger partial charge on any atom is 0.308 e. The normalized spacial score (nSPS) is 12.0. The van der Waals surface area contributed by atoms with Crippen molar-refractivity contribution in [3.8, 4) is 0 Å². The minimum Gasteiger partial charge on any atom is -0.466 e. The summed E-state index contributed by atoms with van der Waals surface area (Å²) in [6.45, 7) is 11.3. The highest BCUT2D eigenvalue weighted by Gasteiger charge is 2.20. The van der Waals surface area contributed by atoms with E-state index in [-0.39, 0.29) is 17.9 Å². The Morgan fingerprint density at radius 1 is 0.580 bits per heavy atom. The van der Waals surface area contributed by atoms with E-state index in [1.54, 1.807) is 7.05 Å². The molecule has 9 nitrogen and oxygen atoms in total. The molecule has 1 unspecified atom stereocenters. The number of anilines is 2. The highest BCUT2D eigenvalue weighted by molar-refractivity contribution is 5.73. The predicted molar refractivity (Wildman–Crippen MR) is 209 cm³/mol.